The first-order chi connectivity index (χ1) is 15.0. The Morgan fingerprint density at radius 1 is 1.13 bits per heavy atom. The van der Waals surface area contributed by atoms with Crippen LogP contribution in [0.1, 0.15) is 35.2 Å². The van der Waals surface area contributed by atoms with E-state index in [4.69, 9.17) is 21.2 Å². The normalized spacial score (nSPS) is 15.5. The van der Waals surface area contributed by atoms with Gasteiger partial charge in [-0.25, -0.2) is 8.78 Å². The van der Waals surface area contributed by atoms with Gasteiger partial charge in [-0.3, -0.25) is 4.79 Å². The molecule has 1 atom stereocenters. The van der Waals surface area contributed by atoms with Crippen LogP contribution in [-0.2, 0) is 16.3 Å². The van der Waals surface area contributed by atoms with Gasteiger partial charge >= 0.3 is 0 Å². The van der Waals surface area contributed by atoms with Crippen LogP contribution in [0.2, 0.25) is 5.02 Å². The number of carbonyl (C=O) groups is 3. The highest BCUT2D eigenvalue weighted by Gasteiger charge is 2.19. The summed E-state index contributed by atoms with van der Waals surface area (Å²) in [5, 5.41) is 12.4. The third-order valence-corrected chi connectivity index (χ3v) is 5.00. The van der Waals surface area contributed by atoms with Crippen molar-refractivity contribution in [2.75, 3.05) is 23.3 Å². The predicted octanol–water partition coefficient (Wildman–Crippen LogP) is 4.18. The Labute approximate surface area is 184 Å². The first kappa shape index (κ1) is 26.2. The van der Waals surface area contributed by atoms with Crippen molar-refractivity contribution in [3.63, 3.8) is 0 Å². The highest BCUT2D eigenvalue weighted by atomic mass is 35.5. The van der Waals surface area contributed by atoms with Crippen molar-refractivity contribution < 1.29 is 28.3 Å². The lowest BCUT2D eigenvalue weighted by Gasteiger charge is -2.25. The fraction of sp³-hybridized carbons (Fsp3) is 0.318. The SMILES string of the molecule is C=O.C=O.O=C(Nc1ccc(F)c(Cl)c1)c1ccc(CF)c(N2CCCC(O)CC2)c1. The Morgan fingerprint density at radius 3 is 2.48 bits per heavy atom. The fourth-order valence-corrected chi connectivity index (χ4v) is 3.39. The van der Waals surface area contributed by atoms with Crippen molar-refractivity contribution in [2.24, 2.45) is 0 Å². The molecule has 3 rings (SSSR count). The van der Waals surface area contributed by atoms with Crippen LogP contribution in [-0.4, -0.2) is 43.8 Å². The van der Waals surface area contributed by atoms with Gasteiger partial charge in [0.25, 0.3) is 5.91 Å². The summed E-state index contributed by atoms with van der Waals surface area (Å²) in [5.74, 6) is -0.952. The van der Waals surface area contributed by atoms with Crippen LogP contribution < -0.4 is 10.2 Å². The van der Waals surface area contributed by atoms with E-state index in [1.165, 1.54) is 18.2 Å². The molecule has 31 heavy (non-hydrogen) atoms. The number of benzene rings is 2. The van der Waals surface area contributed by atoms with Gasteiger partial charge in [0.2, 0.25) is 0 Å². The van der Waals surface area contributed by atoms with E-state index in [0.29, 0.717) is 48.4 Å². The lowest BCUT2D eigenvalue weighted by molar-refractivity contribution is -0.0987. The molecule has 1 amide bonds. The number of amides is 1. The van der Waals surface area contributed by atoms with Crippen molar-refractivity contribution in [2.45, 2.75) is 32.0 Å². The molecule has 9 heteroatoms. The molecule has 0 saturated carbocycles. The third kappa shape index (κ3) is 7.41. The Hall–Kier alpha value is -2.84. The van der Waals surface area contributed by atoms with Crippen LogP contribution in [0.15, 0.2) is 36.4 Å². The van der Waals surface area contributed by atoms with Crippen LogP contribution in [0.4, 0.5) is 20.2 Å². The molecule has 1 aliphatic rings. The smallest absolute Gasteiger partial charge is 0.255 e. The minimum atomic E-state index is -0.635. The summed E-state index contributed by atoms with van der Waals surface area (Å²) < 4.78 is 26.7. The maximum atomic E-state index is 13.5. The zero-order chi connectivity index (χ0) is 23.4. The first-order valence-electron chi connectivity index (χ1n) is 9.44. The number of nitrogens with zero attached hydrogens (tertiary/aromatic N) is 1. The number of alkyl halides is 1. The molecule has 0 spiro atoms. The van der Waals surface area contributed by atoms with Crippen molar-refractivity contribution in [3.05, 3.63) is 58.4 Å². The second kappa shape index (κ2) is 13.5. The van der Waals surface area contributed by atoms with Crippen LogP contribution in [0.25, 0.3) is 0 Å². The Kier molecular flexibility index (Phi) is 11.4. The minimum Gasteiger partial charge on any atom is -0.393 e. The maximum Gasteiger partial charge on any atom is 0.255 e. The van der Waals surface area contributed by atoms with E-state index in [2.05, 4.69) is 5.32 Å². The van der Waals surface area contributed by atoms with Gasteiger partial charge in [-0.1, -0.05) is 17.7 Å². The van der Waals surface area contributed by atoms with Crippen molar-refractivity contribution in [1.82, 2.24) is 0 Å². The van der Waals surface area contributed by atoms with E-state index >= 15 is 0 Å². The topological polar surface area (TPSA) is 86.7 Å². The molecule has 0 radical (unpaired) electrons. The van der Waals surface area contributed by atoms with Gasteiger partial charge in [-0.15, -0.1) is 0 Å². The number of rotatable bonds is 4. The Balaban J connectivity index is 0.00000113. The number of halogens is 3. The molecule has 1 heterocycles. The Morgan fingerprint density at radius 2 is 1.84 bits per heavy atom. The third-order valence-electron chi connectivity index (χ3n) is 4.71. The second-order valence-corrected chi connectivity index (χ2v) is 7.04. The fourth-order valence-electron chi connectivity index (χ4n) is 3.21. The van der Waals surface area contributed by atoms with Crippen LogP contribution in [0, 0.1) is 5.82 Å². The number of aliphatic hydroxyl groups is 1. The van der Waals surface area contributed by atoms with E-state index in [1.54, 1.807) is 18.2 Å². The molecule has 6 nitrogen and oxygen atoms in total. The molecule has 168 valence electrons. The average molecular weight is 455 g/mol. The standard InChI is InChI=1S/C20H21ClF2N2O2.2CH2O/c21-17-11-15(5-6-18(17)23)24-20(27)13-3-4-14(12-22)19(10-13)25-8-1-2-16(26)7-9-25;2*1-2/h3-6,10-11,16,26H,1-2,7-9,12H2,(H,24,27);2*1H2. The van der Waals surface area contributed by atoms with Gasteiger partial charge in [0.05, 0.1) is 11.1 Å². The van der Waals surface area contributed by atoms with Crippen LogP contribution in [0.3, 0.4) is 0 Å². The van der Waals surface area contributed by atoms with E-state index in [-0.39, 0.29) is 17.0 Å². The van der Waals surface area contributed by atoms with Crippen molar-refractivity contribution >= 4 is 42.5 Å². The van der Waals surface area contributed by atoms with E-state index < -0.39 is 12.5 Å². The molecule has 1 saturated heterocycles. The summed E-state index contributed by atoms with van der Waals surface area (Å²) in [6.07, 6.45) is 1.78. The highest BCUT2D eigenvalue weighted by Crippen LogP contribution is 2.27. The summed E-state index contributed by atoms with van der Waals surface area (Å²) >= 11 is 5.74. The maximum absolute atomic E-state index is 13.5. The quantitative estimate of drug-likeness (QED) is 0.723. The summed E-state index contributed by atoms with van der Waals surface area (Å²) in [6.45, 7) is 4.67. The van der Waals surface area contributed by atoms with E-state index in [1.807, 2.05) is 18.5 Å². The van der Waals surface area contributed by atoms with E-state index in [0.717, 1.165) is 6.42 Å². The monoisotopic (exact) mass is 454 g/mol. The first-order valence-corrected chi connectivity index (χ1v) is 9.82. The second-order valence-electron chi connectivity index (χ2n) is 6.63. The van der Waals surface area contributed by atoms with E-state index in [9.17, 15) is 18.7 Å². The molecule has 0 bridgehead atoms. The van der Waals surface area contributed by atoms with Crippen LogP contribution >= 0.6 is 11.6 Å². The van der Waals surface area contributed by atoms with Gasteiger partial charge in [0, 0.05) is 35.6 Å². The van der Waals surface area contributed by atoms with Gasteiger partial charge in [-0.2, -0.15) is 0 Å². The van der Waals surface area contributed by atoms with Crippen molar-refractivity contribution in [1.29, 1.82) is 0 Å². The summed E-state index contributed by atoms with van der Waals surface area (Å²) in [6, 6.07) is 8.76. The lowest BCUT2D eigenvalue weighted by atomic mass is 10.1. The van der Waals surface area contributed by atoms with Crippen molar-refractivity contribution in [3.8, 4) is 0 Å². The summed E-state index contributed by atoms with van der Waals surface area (Å²) in [7, 11) is 0. The molecule has 1 fully saturated rings. The molecular weight excluding hydrogens is 430 g/mol. The number of nitrogens with one attached hydrogen (secondary N) is 1. The zero-order valence-electron chi connectivity index (χ0n) is 17.0. The lowest BCUT2D eigenvalue weighted by Crippen LogP contribution is -2.26. The van der Waals surface area contributed by atoms with Gasteiger partial charge in [0.1, 0.15) is 26.1 Å². The predicted molar refractivity (Wildman–Crippen MR) is 117 cm³/mol. The number of aliphatic hydroxyl groups excluding tert-OH is 1. The van der Waals surface area contributed by atoms with Gasteiger partial charge < -0.3 is 24.9 Å². The average Bonchev–Trinajstić information content (AvgIpc) is 3.03. The minimum absolute atomic E-state index is 0.0793. The molecule has 0 aromatic heterocycles. The van der Waals surface area contributed by atoms with Crippen LogP contribution in [0.5, 0.6) is 0 Å². The largest absolute Gasteiger partial charge is 0.393 e. The molecular formula is C22H25ClF2N2O4. The molecule has 1 unspecified atom stereocenters. The zero-order valence-corrected chi connectivity index (χ0v) is 17.7. The molecule has 2 N–H and O–H groups in total. The molecule has 0 aliphatic carbocycles. The number of hydrogen-bond acceptors (Lipinski definition) is 5. The highest BCUT2D eigenvalue weighted by molar-refractivity contribution is 6.31. The number of hydrogen-bond donors (Lipinski definition) is 2. The Bertz CT molecular complexity index is 867. The van der Waals surface area contributed by atoms with Gasteiger partial charge in [-0.05, 0) is 49.6 Å². The number of carbonyl (C=O) groups excluding carboxylic acids is 3. The molecule has 1 aliphatic heterocycles. The molecule has 2 aromatic carbocycles. The van der Waals surface area contributed by atoms with Gasteiger partial charge in [0.15, 0.2) is 0 Å². The summed E-state index contributed by atoms with van der Waals surface area (Å²) in [5.41, 5.74) is 1.91. The summed E-state index contributed by atoms with van der Waals surface area (Å²) in [4.78, 5) is 30.6. The molecule has 2 aromatic rings. The number of anilines is 2.